The van der Waals surface area contributed by atoms with Gasteiger partial charge in [0.15, 0.2) is 0 Å². The number of non-ortho nitro benzene ring substituents is 1. The van der Waals surface area contributed by atoms with Crippen molar-refractivity contribution in [2.75, 3.05) is 30.7 Å². The summed E-state index contributed by atoms with van der Waals surface area (Å²) in [7, 11) is -1.68. The fourth-order valence-electron chi connectivity index (χ4n) is 1.44. The highest BCUT2D eigenvalue weighted by atomic mass is 32.2. The summed E-state index contributed by atoms with van der Waals surface area (Å²) in [4.78, 5) is 9.99. The Morgan fingerprint density at radius 3 is 2.28 bits per heavy atom. The molecule has 7 nitrogen and oxygen atoms in total. The van der Waals surface area contributed by atoms with E-state index < -0.39 is 14.9 Å². The van der Waals surface area contributed by atoms with Crippen LogP contribution in [-0.4, -0.2) is 39.7 Å². The molecule has 0 atom stereocenters. The van der Waals surface area contributed by atoms with Crippen molar-refractivity contribution >= 4 is 21.4 Å². The molecular weight excluding hydrogens is 258 g/mol. The summed E-state index contributed by atoms with van der Waals surface area (Å²) in [5.41, 5.74) is 0.346. The molecule has 0 radical (unpaired) electrons. The normalized spacial score (nSPS) is 11.2. The highest BCUT2D eigenvalue weighted by molar-refractivity contribution is 7.92. The third-order valence-electron chi connectivity index (χ3n) is 2.31. The summed E-state index contributed by atoms with van der Waals surface area (Å²) in [5, 5.41) is 13.4. The van der Waals surface area contributed by atoms with Crippen molar-refractivity contribution in [2.24, 2.45) is 0 Å². The van der Waals surface area contributed by atoms with Gasteiger partial charge in [-0.15, -0.1) is 0 Å². The first-order valence-corrected chi connectivity index (χ1v) is 7.08. The minimum Gasteiger partial charge on any atom is -0.318 e. The predicted molar refractivity (Wildman–Crippen MR) is 69.2 cm³/mol. The average Bonchev–Trinajstić information content (AvgIpc) is 2.28. The number of anilines is 1. The molecule has 0 saturated heterocycles. The van der Waals surface area contributed by atoms with Gasteiger partial charge in [0.1, 0.15) is 0 Å². The summed E-state index contributed by atoms with van der Waals surface area (Å²) >= 11 is 0. The number of likely N-dealkylation sites (N-methyl/N-ethyl adjacent to an activating group) is 1. The van der Waals surface area contributed by atoms with Crippen LogP contribution in [-0.2, 0) is 10.0 Å². The van der Waals surface area contributed by atoms with E-state index in [1.54, 1.807) is 7.05 Å². The summed E-state index contributed by atoms with van der Waals surface area (Å²) in [6, 6.07) is 5.42. The second-order valence-electron chi connectivity index (χ2n) is 3.71. The second-order valence-corrected chi connectivity index (χ2v) is 5.62. The van der Waals surface area contributed by atoms with Crippen molar-refractivity contribution in [2.45, 2.75) is 0 Å². The molecule has 0 heterocycles. The minimum atomic E-state index is -3.40. The van der Waals surface area contributed by atoms with E-state index in [0.717, 1.165) is 6.26 Å². The van der Waals surface area contributed by atoms with E-state index >= 15 is 0 Å². The van der Waals surface area contributed by atoms with Gasteiger partial charge in [0.25, 0.3) is 5.69 Å². The van der Waals surface area contributed by atoms with Gasteiger partial charge in [-0.3, -0.25) is 14.4 Å². The third-order valence-corrected chi connectivity index (χ3v) is 3.51. The molecule has 0 aromatic heterocycles. The Hall–Kier alpha value is -1.67. The Labute approximate surface area is 106 Å². The number of nitrogens with zero attached hydrogens (tertiary/aromatic N) is 2. The second kappa shape index (κ2) is 5.78. The van der Waals surface area contributed by atoms with Gasteiger partial charge in [0.2, 0.25) is 10.0 Å². The first-order valence-electron chi connectivity index (χ1n) is 5.23. The average molecular weight is 273 g/mol. The van der Waals surface area contributed by atoms with Gasteiger partial charge in [-0.05, 0) is 19.2 Å². The smallest absolute Gasteiger partial charge is 0.269 e. The van der Waals surface area contributed by atoms with E-state index in [0.29, 0.717) is 12.2 Å². The molecule has 0 bridgehead atoms. The molecule has 100 valence electrons. The lowest BCUT2D eigenvalue weighted by Gasteiger charge is -2.22. The third kappa shape index (κ3) is 3.67. The quantitative estimate of drug-likeness (QED) is 0.604. The Balaban J connectivity index is 3.02. The monoisotopic (exact) mass is 273 g/mol. The summed E-state index contributed by atoms with van der Waals surface area (Å²) in [6.07, 6.45) is 1.10. The Morgan fingerprint density at radius 1 is 1.33 bits per heavy atom. The molecule has 0 aliphatic heterocycles. The van der Waals surface area contributed by atoms with E-state index in [4.69, 9.17) is 0 Å². The number of rotatable bonds is 6. The van der Waals surface area contributed by atoms with Gasteiger partial charge in [-0.1, -0.05) is 0 Å². The molecule has 1 rings (SSSR count). The molecule has 18 heavy (non-hydrogen) atoms. The Kier molecular flexibility index (Phi) is 4.62. The van der Waals surface area contributed by atoms with Gasteiger partial charge >= 0.3 is 0 Å². The molecule has 0 aliphatic rings. The van der Waals surface area contributed by atoms with Crippen LogP contribution in [0.15, 0.2) is 24.3 Å². The summed E-state index contributed by atoms with van der Waals surface area (Å²) in [5.74, 6) is 0. The number of hydrogen-bond acceptors (Lipinski definition) is 5. The van der Waals surface area contributed by atoms with Crippen LogP contribution >= 0.6 is 0 Å². The lowest BCUT2D eigenvalue weighted by molar-refractivity contribution is -0.384. The number of sulfonamides is 1. The topological polar surface area (TPSA) is 92.5 Å². The number of nitro benzene ring substituents is 1. The van der Waals surface area contributed by atoms with Crippen LogP contribution in [0.3, 0.4) is 0 Å². The van der Waals surface area contributed by atoms with Gasteiger partial charge in [-0.25, -0.2) is 8.42 Å². The zero-order valence-electron chi connectivity index (χ0n) is 10.2. The summed E-state index contributed by atoms with van der Waals surface area (Å²) in [6.45, 7) is 0.761. The number of hydrogen-bond donors (Lipinski definition) is 1. The first-order chi connectivity index (χ1) is 8.36. The van der Waals surface area contributed by atoms with Crippen molar-refractivity contribution in [3.05, 3.63) is 34.4 Å². The van der Waals surface area contributed by atoms with Gasteiger partial charge in [-0.2, -0.15) is 0 Å². The molecule has 0 amide bonds. The van der Waals surface area contributed by atoms with Crippen molar-refractivity contribution < 1.29 is 13.3 Å². The highest BCUT2D eigenvalue weighted by Gasteiger charge is 2.17. The number of nitro groups is 1. The standard InChI is InChI=1S/C10H15N3O4S/c1-11-7-8-12(18(2,16)17)9-3-5-10(6-4-9)13(14)15/h3-6,11H,7-8H2,1-2H3. The van der Waals surface area contributed by atoms with Crippen molar-refractivity contribution in [3.8, 4) is 0 Å². The number of nitrogens with one attached hydrogen (secondary N) is 1. The zero-order valence-corrected chi connectivity index (χ0v) is 11.0. The molecule has 0 fully saturated rings. The highest BCUT2D eigenvalue weighted by Crippen LogP contribution is 2.21. The largest absolute Gasteiger partial charge is 0.318 e. The van der Waals surface area contributed by atoms with Crippen LogP contribution in [0.2, 0.25) is 0 Å². The van der Waals surface area contributed by atoms with Crippen LogP contribution in [0.25, 0.3) is 0 Å². The zero-order chi connectivity index (χ0) is 13.8. The molecule has 8 heteroatoms. The fraction of sp³-hybridized carbons (Fsp3) is 0.400. The first kappa shape index (κ1) is 14.4. The van der Waals surface area contributed by atoms with Crippen LogP contribution in [0, 0.1) is 10.1 Å². The van der Waals surface area contributed by atoms with Gasteiger partial charge < -0.3 is 5.32 Å². The van der Waals surface area contributed by atoms with Crippen LogP contribution in [0.1, 0.15) is 0 Å². The SMILES string of the molecule is CNCCN(c1ccc([N+](=O)[O-])cc1)S(C)(=O)=O. The maximum atomic E-state index is 11.6. The molecule has 1 aromatic rings. The van der Waals surface area contributed by atoms with Crippen LogP contribution in [0.5, 0.6) is 0 Å². The molecular formula is C10H15N3O4S. The maximum absolute atomic E-state index is 11.6. The molecule has 0 saturated carbocycles. The van der Waals surface area contributed by atoms with Crippen LogP contribution < -0.4 is 9.62 Å². The van der Waals surface area contributed by atoms with Crippen molar-refractivity contribution in [1.29, 1.82) is 0 Å². The minimum absolute atomic E-state index is 0.0687. The predicted octanol–water partition coefficient (Wildman–Crippen LogP) is 0.580. The summed E-state index contributed by atoms with van der Waals surface area (Å²) < 4.78 is 24.4. The van der Waals surface area contributed by atoms with E-state index in [1.165, 1.54) is 28.6 Å². The molecule has 0 unspecified atom stereocenters. The Bertz CT molecular complexity index is 512. The van der Waals surface area contributed by atoms with E-state index in [1.807, 2.05) is 0 Å². The number of benzene rings is 1. The molecule has 1 aromatic carbocycles. The Morgan fingerprint density at radius 2 is 1.89 bits per heavy atom. The van der Waals surface area contributed by atoms with Gasteiger partial charge in [0, 0.05) is 25.2 Å². The van der Waals surface area contributed by atoms with E-state index in [-0.39, 0.29) is 12.2 Å². The van der Waals surface area contributed by atoms with Crippen molar-refractivity contribution in [3.63, 3.8) is 0 Å². The maximum Gasteiger partial charge on any atom is 0.269 e. The van der Waals surface area contributed by atoms with Gasteiger partial charge in [0.05, 0.1) is 16.9 Å². The lowest BCUT2D eigenvalue weighted by Crippen LogP contribution is -2.35. The van der Waals surface area contributed by atoms with Crippen molar-refractivity contribution in [1.82, 2.24) is 5.32 Å². The van der Waals surface area contributed by atoms with E-state index in [9.17, 15) is 18.5 Å². The van der Waals surface area contributed by atoms with Crippen LogP contribution in [0.4, 0.5) is 11.4 Å². The molecule has 0 spiro atoms. The molecule has 0 aliphatic carbocycles. The fourth-order valence-corrected chi connectivity index (χ4v) is 2.37. The lowest BCUT2D eigenvalue weighted by atomic mass is 10.3. The molecule has 1 N–H and O–H groups in total. The van der Waals surface area contributed by atoms with E-state index in [2.05, 4.69) is 5.32 Å².